The molecule has 0 spiro atoms. The average Bonchev–Trinajstić information content (AvgIpc) is 3.11. The van der Waals surface area contributed by atoms with Crippen LogP contribution in [0.15, 0.2) is 47.1 Å². The van der Waals surface area contributed by atoms with Gasteiger partial charge in [-0.05, 0) is 31.2 Å². The molecule has 1 aromatic carbocycles. The van der Waals surface area contributed by atoms with Gasteiger partial charge in [-0.15, -0.1) is 0 Å². The van der Waals surface area contributed by atoms with E-state index in [9.17, 15) is 4.79 Å². The lowest BCUT2D eigenvalue weighted by Crippen LogP contribution is -2.17. The van der Waals surface area contributed by atoms with Crippen LogP contribution in [0.25, 0.3) is 0 Å². The maximum atomic E-state index is 12.4. The van der Waals surface area contributed by atoms with Crippen LogP contribution < -0.4 is 5.32 Å². The number of hydrogen-bond donors (Lipinski definition) is 1. The van der Waals surface area contributed by atoms with Crippen molar-refractivity contribution < 1.29 is 9.32 Å². The highest BCUT2D eigenvalue weighted by atomic mass is 16.5. The first-order valence-corrected chi connectivity index (χ1v) is 6.94. The van der Waals surface area contributed by atoms with Crippen LogP contribution in [0.1, 0.15) is 27.8 Å². The molecule has 6 heteroatoms. The van der Waals surface area contributed by atoms with Crippen molar-refractivity contribution in [2.24, 2.45) is 0 Å². The van der Waals surface area contributed by atoms with Crippen molar-refractivity contribution in [1.29, 1.82) is 0 Å². The summed E-state index contributed by atoms with van der Waals surface area (Å²) in [5.41, 5.74) is 2.45. The monoisotopic (exact) mass is 296 g/mol. The molecule has 0 aliphatic heterocycles. The number of hydrogen-bond acceptors (Lipinski definition) is 4. The van der Waals surface area contributed by atoms with Gasteiger partial charge in [0.15, 0.2) is 5.82 Å². The van der Waals surface area contributed by atoms with E-state index < -0.39 is 0 Å². The molecule has 3 aromatic rings. The van der Waals surface area contributed by atoms with Gasteiger partial charge in [0.25, 0.3) is 5.91 Å². The summed E-state index contributed by atoms with van der Waals surface area (Å²) in [7, 11) is 0. The normalized spacial score (nSPS) is 10.6. The fourth-order valence-corrected chi connectivity index (χ4v) is 2.15. The van der Waals surface area contributed by atoms with Gasteiger partial charge < -0.3 is 14.4 Å². The van der Waals surface area contributed by atoms with E-state index in [0.29, 0.717) is 24.0 Å². The molecule has 0 fully saturated rings. The Morgan fingerprint density at radius 2 is 2.00 bits per heavy atom. The Kier molecular flexibility index (Phi) is 3.74. The number of nitrogens with zero attached hydrogens (tertiary/aromatic N) is 3. The number of rotatable bonds is 4. The summed E-state index contributed by atoms with van der Waals surface area (Å²) < 4.78 is 6.73. The summed E-state index contributed by atoms with van der Waals surface area (Å²) >= 11 is 0. The zero-order valence-corrected chi connectivity index (χ0v) is 12.4. The molecule has 1 amide bonds. The minimum Gasteiger partial charge on any atom is -0.340 e. The zero-order valence-electron chi connectivity index (χ0n) is 12.4. The van der Waals surface area contributed by atoms with Gasteiger partial charge in [0.1, 0.15) is 5.69 Å². The molecule has 22 heavy (non-hydrogen) atoms. The van der Waals surface area contributed by atoms with Crippen LogP contribution in [0.2, 0.25) is 0 Å². The lowest BCUT2D eigenvalue weighted by Gasteiger charge is -2.08. The maximum absolute atomic E-state index is 12.4. The van der Waals surface area contributed by atoms with E-state index >= 15 is 0 Å². The third-order valence-electron chi connectivity index (χ3n) is 3.25. The molecular weight excluding hydrogens is 280 g/mol. The Bertz CT molecular complexity index is 787. The molecule has 6 nitrogen and oxygen atoms in total. The number of benzene rings is 1. The van der Waals surface area contributed by atoms with Gasteiger partial charge in [-0.2, -0.15) is 4.98 Å². The number of aryl methyl sites for hydroxylation is 2. The largest absolute Gasteiger partial charge is 0.340 e. The van der Waals surface area contributed by atoms with Gasteiger partial charge in [-0.1, -0.05) is 22.9 Å². The van der Waals surface area contributed by atoms with E-state index in [4.69, 9.17) is 4.52 Å². The van der Waals surface area contributed by atoms with E-state index in [-0.39, 0.29) is 5.91 Å². The van der Waals surface area contributed by atoms with Crippen LogP contribution in [0.5, 0.6) is 0 Å². The zero-order chi connectivity index (χ0) is 15.5. The fraction of sp³-hybridized carbons (Fsp3) is 0.188. The summed E-state index contributed by atoms with van der Waals surface area (Å²) in [6.45, 7) is 4.13. The van der Waals surface area contributed by atoms with Crippen LogP contribution in [-0.4, -0.2) is 20.6 Å². The molecule has 0 aliphatic carbocycles. The lowest BCUT2D eigenvalue weighted by molar-refractivity contribution is 0.101. The molecule has 0 atom stereocenters. The van der Waals surface area contributed by atoms with E-state index in [1.165, 1.54) is 0 Å². The van der Waals surface area contributed by atoms with Gasteiger partial charge in [0, 0.05) is 18.8 Å². The van der Waals surface area contributed by atoms with Gasteiger partial charge in [0.2, 0.25) is 5.89 Å². The van der Waals surface area contributed by atoms with Crippen LogP contribution >= 0.6 is 0 Å². The highest BCUT2D eigenvalue weighted by Crippen LogP contribution is 2.12. The molecule has 0 aliphatic rings. The number of carbonyl (C=O) groups excluding carboxylic acids is 1. The molecule has 0 bridgehead atoms. The molecule has 2 heterocycles. The Morgan fingerprint density at radius 3 is 2.68 bits per heavy atom. The maximum Gasteiger partial charge on any atom is 0.272 e. The number of amides is 1. The average molecular weight is 296 g/mol. The molecule has 0 saturated heterocycles. The Balaban J connectivity index is 1.76. The third-order valence-corrected chi connectivity index (χ3v) is 3.25. The Morgan fingerprint density at radius 1 is 1.23 bits per heavy atom. The molecule has 112 valence electrons. The first-order valence-electron chi connectivity index (χ1n) is 6.94. The van der Waals surface area contributed by atoms with Gasteiger partial charge in [-0.25, -0.2) is 0 Å². The number of nitrogens with one attached hydrogen (secondary N) is 1. The van der Waals surface area contributed by atoms with Crippen molar-refractivity contribution in [2.75, 3.05) is 5.32 Å². The van der Waals surface area contributed by atoms with Crippen molar-refractivity contribution in [1.82, 2.24) is 14.7 Å². The lowest BCUT2D eigenvalue weighted by atomic mass is 10.2. The SMILES string of the molecule is Cc1ccc(NC(=O)c2cccn2Cc2noc(C)n2)cc1. The minimum absolute atomic E-state index is 0.172. The highest BCUT2D eigenvalue weighted by molar-refractivity contribution is 6.03. The summed E-state index contributed by atoms with van der Waals surface area (Å²) in [5, 5.41) is 6.73. The van der Waals surface area contributed by atoms with E-state index in [0.717, 1.165) is 11.3 Å². The Hall–Kier alpha value is -2.89. The smallest absolute Gasteiger partial charge is 0.272 e. The van der Waals surface area contributed by atoms with Gasteiger partial charge in [-0.3, -0.25) is 4.79 Å². The number of aromatic nitrogens is 3. The molecule has 0 saturated carbocycles. The first-order chi connectivity index (χ1) is 10.6. The highest BCUT2D eigenvalue weighted by Gasteiger charge is 2.13. The van der Waals surface area contributed by atoms with Crippen LogP contribution in [-0.2, 0) is 6.54 Å². The molecule has 1 N–H and O–H groups in total. The van der Waals surface area contributed by atoms with E-state index in [2.05, 4.69) is 15.5 Å². The standard InChI is InChI=1S/C16H16N4O2/c1-11-5-7-13(8-6-11)18-16(21)14-4-3-9-20(14)10-15-17-12(2)22-19-15/h3-9H,10H2,1-2H3,(H,18,21). The van der Waals surface area contributed by atoms with Crippen molar-refractivity contribution >= 4 is 11.6 Å². The third kappa shape index (κ3) is 3.06. The molecule has 0 radical (unpaired) electrons. The first kappa shape index (κ1) is 14.1. The van der Waals surface area contributed by atoms with Crippen molar-refractivity contribution in [3.63, 3.8) is 0 Å². The number of anilines is 1. The molecule has 3 rings (SSSR count). The van der Waals surface area contributed by atoms with Gasteiger partial charge in [0.05, 0.1) is 6.54 Å². The Labute approximate surface area is 127 Å². The van der Waals surface area contributed by atoms with Crippen LogP contribution in [0.3, 0.4) is 0 Å². The van der Waals surface area contributed by atoms with Crippen LogP contribution in [0, 0.1) is 13.8 Å². The predicted molar refractivity (Wildman–Crippen MR) is 81.7 cm³/mol. The van der Waals surface area contributed by atoms with E-state index in [1.807, 2.05) is 43.5 Å². The summed E-state index contributed by atoms with van der Waals surface area (Å²) in [6, 6.07) is 11.2. The second-order valence-electron chi connectivity index (χ2n) is 5.07. The van der Waals surface area contributed by atoms with Crippen LogP contribution in [0.4, 0.5) is 5.69 Å². The van der Waals surface area contributed by atoms with Gasteiger partial charge >= 0.3 is 0 Å². The molecule has 2 aromatic heterocycles. The van der Waals surface area contributed by atoms with E-state index in [1.54, 1.807) is 17.6 Å². The second-order valence-corrected chi connectivity index (χ2v) is 5.07. The second kappa shape index (κ2) is 5.85. The summed E-state index contributed by atoms with van der Waals surface area (Å²) in [6.07, 6.45) is 1.82. The van der Waals surface area contributed by atoms with Crippen molar-refractivity contribution in [3.8, 4) is 0 Å². The van der Waals surface area contributed by atoms with Crippen molar-refractivity contribution in [2.45, 2.75) is 20.4 Å². The number of carbonyl (C=O) groups is 1. The topological polar surface area (TPSA) is 73.0 Å². The quantitative estimate of drug-likeness (QED) is 0.803. The predicted octanol–water partition coefficient (Wildman–Crippen LogP) is 2.79. The summed E-state index contributed by atoms with van der Waals surface area (Å²) in [5.74, 6) is 0.875. The summed E-state index contributed by atoms with van der Waals surface area (Å²) in [4.78, 5) is 16.5. The fourth-order valence-electron chi connectivity index (χ4n) is 2.15. The minimum atomic E-state index is -0.172. The molecular formula is C16H16N4O2. The molecule has 0 unspecified atom stereocenters. The van der Waals surface area contributed by atoms with Crippen molar-refractivity contribution in [3.05, 3.63) is 65.6 Å².